The van der Waals surface area contributed by atoms with Gasteiger partial charge in [-0.2, -0.15) is 10.2 Å². The van der Waals surface area contributed by atoms with Gasteiger partial charge in [-0.1, -0.05) is 49.4 Å². The second-order valence-electron chi connectivity index (χ2n) is 9.72. The number of benzene rings is 2. The molecule has 1 N–H and O–H groups in total. The van der Waals surface area contributed by atoms with Crippen molar-refractivity contribution in [2.24, 2.45) is 10.2 Å². The third-order valence-electron chi connectivity index (χ3n) is 7.14. The molecule has 37 heavy (non-hydrogen) atoms. The maximum Gasteiger partial charge on any atom is 0.247 e. The van der Waals surface area contributed by atoms with Crippen molar-refractivity contribution in [2.75, 3.05) is 18.5 Å². The van der Waals surface area contributed by atoms with Gasteiger partial charge in [-0.3, -0.25) is 19.4 Å². The Morgan fingerprint density at radius 3 is 2.54 bits per heavy atom. The SMILES string of the molecule is C#CCCC1(CCC(=O)N(c2ccc3c(c2)CN(CC)C3)C(C(=O)NC)/C(C)=C/c2ccccc2)N=N1. The van der Waals surface area contributed by atoms with Gasteiger partial charge in [0.1, 0.15) is 6.04 Å². The number of amides is 2. The molecule has 0 fully saturated rings. The molecule has 2 aromatic carbocycles. The first-order valence-electron chi connectivity index (χ1n) is 12.9. The predicted octanol–water partition coefficient (Wildman–Crippen LogP) is 4.93. The van der Waals surface area contributed by atoms with Crippen molar-refractivity contribution in [3.8, 4) is 12.3 Å². The van der Waals surface area contributed by atoms with Crippen LogP contribution in [0.5, 0.6) is 0 Å². The maximum absolute atomic E-state index is 13.9. The van der Waals surface area contributed by atoms with Crippen molar-refractivity contribution in [3.05, 3.63) is 70.8 Å². The number of nitrogens with zero attached hydrogens (tertiary/aromatic N) is 4. The Morgan fingerprint density at radius 1 is 1.16 bits per heavy atom. The highest BCUT2D eigenvalue weighted by atomic mass is 16.2. The standard InChI is InChI=1S/C30H35N5O2/c1-5-7-16-30(32-33-30)17-15-27(36)35(26-14-13-24-20-34(6-2)21-25(24)19-26)28(29(37)31-4)22(3)18-23-11-9-8-10-12-23/h1,8-14,18-19,28H,6-7,15-17,20-21H2,2-4H3,(H,31,37)/b22-18+. The number of anilines is 1. The molecular weight excluding hydrogens is 462 g/mol. The van der Waals surface area contributed by atoms with Crippen molar-refractivity contribution in [1.82, 2.24) is 10.2 Å². The van der Waals surface area contributed by atoms with Gasteiger partial charge >= 0.3 is 0 Å². The number of hydrogen-bond donors (Lipinski definition) is 1. The first-order valence-corrected chi connectivity index (χ1v) is 12.9. The fourth-order valence-electron chi connectivity index (χ4n) is 4.91. The van der Waals surface area contributed by atoms with Crippen molar-refractivity contribution in [1.29, 1.82) is 0 Å². The number of carbonyl (C=O) groups excluding carboxylic acids is 2. The van der Waals surface area contributed by atoms with Gasteiger partial charge in [-0.25, -0.2) is 0 Å². The van der Waals surface area contributed by atoms with E-state index in [2.05, 4.69) is 45.4 Å². The molecule has 2 aliphatic rings. The van der Waals surface area contributed by atoms with Gasteiger partial charge in [0.15, 0.2) is 5.66 Å². The van der Waals surface area contributed by atoms with E-state index < -0.39 is 11.7 Å². The van der Waals surface area contributed by atoms with Gasteiger partial charge in [0.2, 0.25) is 11.8 Å². The predicted molar refractivity (Wildman–Crippen MR) is 147 cm³/mol. The number of likely N-dealkylation sites (N-methyl/N-ethyl adjacent to an activating group) is 1. The van der Waals surface area contributed by atoms with E-state index in [0.29, 0.717) is 19.3 Å². The van der Waals surface area contributed by atoms with Gasteiger partial charge in [0.05, 0.1) is 0 Å². The van der Waals surface area contributed by atoms with Gasteiger partial charge in [0, 0.05) is 51.5 Å². The molecule has 0 bridgehead atoms. The number of nitrogens with one attached hydrogen (secondary N) is 1. The molecular formula is C30H35N5O2. The smallest absolute Gasteiger partial charge is 0.247 e. The summed E-state index contributed by atoms with van der Waals surface area (Å²) in [4.78, 5) is 31.3. The van der Waals surface area contributed by atoms with Crippen molar-refractivity contribution < 1.29 is 9.59 Å². The van der Waals surface area contributed by atoms with Gasteiger partial charge < -0.3 is 5.32 Å². The number of carbonyl (C=O) groups is 2. The van der Waals surface area contributed by atoms with Crippen LogP contribution in [0.3, 0.4) is 0 Å². The molecule has 1 atom stereocenters. The summed E-state index contributed by atoms with van der Waals surface area (Å²) in [5, 5.41) is 11.2. The zero-order chi connectivity index (χ0) is 26.4. The van der Waals surface area contributed by atoms with Crippen molar-refractivity contribution in [3.63, 3.8) is 0 Å². The quantitative estimate of drug-likeness (QED) is 0.447. The molecule has 0 spiro atoms. The van der Waals surface area contributed by atoms with E-state index in [4.69, 9.17) is 6.42 Å². The Bertz CT molecular complexity index is 1240. The molecule has 7 nitrogen and oxygen atoms in total. The van der Waals surface area contributed by atoms with E-state index in [9.17, 15) is 9.59 Å². The first-order chi connectivity index (χ1) is 17.9. The summed E-state index contributed by atoms with van der Waals surface area (Å²) >= 11 is 0. The number of terminal acetylenes is 1. The van der Waals surface area contributed by atoms with Crippen LogP contribution in [0, 0.1) is 12.3 Å². The van der Waals surface area contributed by atoms with Crippen LogP contribution in [0.25, 0.3) is 6.08 Å². The molecule has 2 heterocycles. The minimum absolute atomic E-state index is 0.142. The monoisotopic (exact) mass is 497 g/mol. The Hall–Kier alpha value is -3.76. The molecule has 0 aromatic heterocycles. The van der Waals surface area contributed by atoms with E-state index in [1.807, 2.05) is 49.4 Å². The molecule has 0 radical (unpaired) electrons. The van der Waals surface area contributed by atoms with Crippen LogP contribution in [0.2, 0.25) is 0 Å². The summed E-state index contributed by atoms with van der Waals surface area (Å²) < 4.78 is 0. The van der Waals surface area contributed by atoms with Gasteiger partial charge in [-0.15, -0.1) is 12.3 Å². The number of fused-ring (bicyclic) bond motifs is 1. The second kappa shape index (κ2) is 11.5. The highest BCUT2D eigenvalue weighted by Crippen LogP contribution is 2.38. The third kappa shape index (κ3) is 6.15. The summed E-state index contributed by atoms with van der Waals surface area (Å²) in [5.74, 6) is 2.25. The summed E-state index contributed by atoms with van der Waals surface area (Å²) in [6, 6.07) is 15.1. The normalized spacial score (nSPS) is 16.5. The zero-order valence-corrected chi connectivity index (χ0v) is 21.9. The van der Waals surface area contributed by atoms with Crippen LogP contribution in [0.4, 0.5) is 5.69 Å². The Balaban J connectivity index is 1.69. The lowest BCUT2D eigenvalue weighted by Gasteiger charge is -2.32. The maximum atomic E-state index is 13.9. The van der Waals surface area contributed by atoms with E-state index in [0.717, 1.165) is 36.5 Å². The lowest BCUT2D eigenvalue weighted by Crippen LogP contribution is -2.50. The fourth-order valence-corrected chi connectivity index (χ4v) is 4.91. The average Bonchev–Trinajstić information content (AvgIpc) is 3.57. The van der Waals surface area contributed by atoms with E-state index >= 15 is 0 Å². The Labute approximate surface area is 219 Å². The van der Waals surface area contributed by atoms with Crippen LogP contribution in [-0.4, -0.2) is 42.0 Å². The van der Waals surface area contributed by atoms with Crippen LogP contribution >= 0.6 is 0 Å². The molecule has 2 amide bonds. The number of rotatable bonds is 11. The molecule has 0 aliphatic carbocycles. The van der Waals surface area contributed by atoms with E-state index in [1.165, 1.54) is 11.1 Å². The minimum Gasteiger partial charge on any atom is -0.357 e. The average molecular weight is 498 g/mol. The third-order valence-corrected chi connectivity index (χ3v) is 7.14. The largest absolute Gasteiger partial charge is 0.357 e. The molecule has 4 rings (SSSR count). The molecule has 0 saturated heterocycles. The summed E-state index contributed by atoms with van der Waals surface area (Å²) in [7, 11) is 1.60. The lowest BCUT2D eigenvalue weighted by atomic mass is 9.98. The van der Waals surface area contributed by atoms with Crippen LogP contribution in [0.15, 0.2) is 64.3 Å². The second-order valence-corrected chi connectivity index (χ2v) is 9.72. The van der Waals surface area contributed by atoms with Crippen LogP contribution in [0.1, 0.15) is 56.2 Å². The summed E-state index contributed by atoms with van der Waals surface area (Å²) in [6.45, 7) is 6.73. The Kier molecular flexibility index (Phi) is 8.20. The summed E-state index contributed by atoms with van der Waals surface area (Å²) in [6.07, 6.45) is 9.27. The van der Waals surface area contributed by atoms with Gasteiger partial charge in [-0.05, 0) is 47.9 Å². The van der Waals surface area contributed by atoms with E-state index in [1.54, 1.807) is 11.9 Å². The van der Waals surface area contributed by atoms with Crippen LogP contribution in [-0.2, 0) is 22.7 Å². The molecule has 2 aromatic rings. The fraction of sp³-hybridized carbons (Fsp3) is 0.400. The Morgan fingerprint density at radius 2 is 1.89 bits per heavy atom. The highest BCUT2D eigenvalue weighted by Gasteiger charge is 2.41. The molecule has 2 aliphatic heterocycles. The number of hydrogen-bond acceptors (Lipinski definition) is 5. The first kappa shape index (κ1) is 26.3. The topological polar surface area (TPSA) is 77.4 Å². The van der Waals surface area contributed by atoms with Crippen LogP contribution < -0.4 is 10.2 Å². The molecule has 1 unspecified atom stereocenters. The summed E-state index contributed by atoms with van der Waals surface area (Å²) in [5.41, 5.74) is 4.35. The lowest BCUT2D eigenvalue weighted by molar-refractivity contribution is -0.125. The highest BCUT2D eigenvalue weighted by molar-refractivity contribution is 6.03. The van der Waals surface area contributed by atoms with E-state index in [-0.39, 0.29) is 18.2 Å². The minimum atomic E-state index is -0.797. The van der Waals surface area contributed by atoms with Crippen molar-refractivity contribution in [2.45, 2.75) is 64.3 Å². The zero-order valence-electron chi connectivity index (χ0n) is 21.9. The van der Waals surface area contributed by atoms with Crippen molar-refractivity contribution >= 4 is 23.6 Å². The van der Waals surface area contributed by atoms with Gasteiger partial charge in [0.25, 0.3) is 0 Å². The molecule has 192 valence electrons. The molecule has 7 heteroatoms. The molecule has 0 saturated carbocycles.